The number of rotatable bonds is 6. The maximum atomic E-state index is 11.5. The topological polar surface area (TPSA) is 115 Å². The Morgan fingerprint density at radius 1 is 1.21 bits per heavy atom. The van der Waals surface area contributed by atoms with E-state index in [1.807, 2.05) is 29.2 Å². The van der Waals surface area contributed by atoms with Gasteiger partial charge in [0.25, 0.3) is 5.69 Å². The molecular formula is C23H27N3O7. The zero-order valence-electron chi connectivity index (χ0n) is 18.6. The van der Waals surface area contributed by atoms with Crippen LogP contribution in [0.5, 0.6) is 11.5 Å². The zero-order valence-corrected chi connectivity index (χ0v) is 18.6. The van der Waals surface area contributed by atoms with Crippen LogP contribution in [-0.4, -0.2) is 66.3 Å². The minimum atomic E-state index is -1.31. The van der Waals surface area contributed by atoms with Crippen LogP contribution in [0.2, 0.25) is 0 Å². The Bertz CT molecular complexity index is 1020. The minimum Gasteiger partial charge on any atom is -0.508 e. The second-order valence-electron chi connectivity index (χ2n) is 8.25. The molecule has 10 nitrogen and oxygen atoms in total. The smallest absolute Gasteiger partial charge is 0.281 e. The fourth-order valence-electron chi connectivity index (χ4n) is 4.14. The monoisotopic (exact) mass is 457 g/mol. The molecule has 2 saturated heterocycles. The summed E-state index contributed by atoms with van der Waals surface area (Å²) in [6.45, 7) is 6.65. The van der Waals surface area contributed by atoms with Gasteiger partial charge in [0.2, 0.25) is 5.91 Å². The van der Waals surface area contributed by atoms with E-state index in [9.17, 15) is 20.0 Å². The van der Waals surface area contributed by atoms with Crippen molar-refractivity contribution in [2.75, 3.05) is 44.3 Å². The average molecular weight is 457 g/mol. The lowest BCUT2D eigenvalue weighted by molar-refractivity contribution is -0.388. The highest BCUT2D eigenvalue weighted by Crippen LogP contribution is 2.40. The molecule has 2 aliphatic heterocycles. The molecular weight excluding hydrogens is 430 g/mol. The second-order valence-corrected chi connectivity index (χ2v) is 8.25. The highest BCUT2D eigenvalue weighted by atomic mass is 16.7. The number of nitrogens with zero attached hydrogens (tertiary/aromatic N) is 3. The SMILES string of the molecule is CC(=O)N1CCN(c2ccc(OCC3COC(C)(c4ccc(O)cc4[N+](=O)[O-])O3)cc2)CC1. The Balaban J connectivity index is 1.33. The van der Waals surface area contributed by atoms with Crippen molar-refractivity contribution in [3.63, 3.8) is 0 Å². The molecule has 10 heteroatoms. The van der Waals surface area contributed by atoms with Crippen molar-refractivity contribution in [2.24, 2.45) is 0 Å². The summed E-state index contributed by atoms with van der Waals surface area (Å²) in [4.78, 5) is 26.4. The number of ether oxygens (including phenoxy) is 3. The van der Waals surface area contributed by atoms with Gasteiger partial charge in [-0.1, -0.05) is 0 Å². The third-order valence-electron chi connectivity index (χ3n) is 5.97. The van der Waals surface area contributed by atoms with Crippen LogP contribution in [0.1, 0.15) is 19.4 Å². The summed E-state index contributed by atoms with van der Waals surface area (Å²) in [6.07, 6.45) is -0.414. The highest BCUT2D eigenvalue weighted by molar-refractivity contribution is 5.73. The van der Waals surface area contributed by atoms with Gasteiger partial charge in [0.15, 0.2) is 5.79 Å². The Hall–Kier alpha value is -3.37. The van der Waals surface area contributed by atoms with Crippen molar-refractivity contribution in [1.82, 2.24) is 4.90 Å². The third-order valence-corrected chi connectivity index (χ3v) is 5.97. The molecule has 2 unspecified atom stereocenters. The Morgan fingerprint density at radius 2 is 1.91 bits per heavy atom. The lowest BCUT2D eigenvalue weighted by Crippen LogP contribution is -2.48. The maximum Gasteiger partial charge on any atom is 0.281 e. The molecule has 0 radical (unpaired) electrons. The number of anilines is 1. The summed E-state index contributed by atoms with van der Waals surface area (Å²) in [7, 11) is 0. The van der Waals surface area contributed by atoms with Gasteiger partial charge < -0.3 is 29.1 Å². The van der Waals surface area contributed by atoms with Crippen LogP contribution in [0.25, 0.3) is 0 Å². The predicted octanol–water partition coefficient (Wildman–Crippen LogP) is 2.64. The number of nitro benzene ring substituents is 1. The standard InChI is InChI=1S/C23H27N3O7/c1-16(27)24-9-11-25(12-10-24)17-3-6-19(7-4-17)31-14-20-15-32-23(2,33-20)21-8-5-18(28)13-22(21)26(29)30/h3-8,13,20,28H,9-12,14-15H2,1-2H3. The summed E-state index contributed by atoms with van der Waals surface area (Å²) in [5.74, 6) is -0.728. The van der Waals surface area contributed by atoms with Gasteiger partial charge in [0, 0.05) is 38.8 Å². The summed E-state index contributed by atoms with van der Waals surface area (Å²) in [6, 6.07) is 11.6. The number of carbonyl (C=O) groups excluding carboxylic acids is 1. The molecule has 0 saturated carbocycles. The molecule has 0 spiro atoms. The number of amides is 1. The van der Waals surface area contributed by atoms with Crippen LogP contribution in [0, 0.1) is 10.1 Å². The van der Waals surface area contributed by atoms with Gasteiger partial charge in [-0.3, -0.25) is 14.9 Å². The molecule has 176 valence electrons. The van der Waals surface area contributed by atoms with Gasteiger partial charge in [0.1, 0.15) is 24.2 Å². The first-order chi connectivity index (χ1) is 15.7. The van der Waals surface area contributed by atoms with Crippen molar-refractivity contribution < 1.29 is 29.0 Å². The maximum absolute atomic E-state index is 11.5. The van der Waals surface area contributed by atoms with Gasteiger partial charge in [0.05, 0.1) is 23.2 Å². The van der Waals surface area contributed by atoms with Crippen molar-refractivity contribution >= 4 is 17.3 Å². The van der Waals surface area contributed by atoms with Crippen molar-refractivity contribution in [3.8, 4) is 11.5 Å². The number of nitro groups is 1. The number of aromatic hydroxyl groups is 1. The van der Waals surface area contributed by atoms with Crippen molar-refractivity contribution in [1.29, 1.82) is 0 Å². The molecule has 2 atom stereocenters. The van der Waals surface area contributed by atoms with Crippen LogP contribution >= 0.6 is 0 Å². The Kier molecular flexibility index (Phi) is 6.39. The normalized spacial score (nSPS) is 22.9. The van der Waals surface area contributed by atoms with Crippen LogP contribution in [0.15, 0.2) is 42.5 Å². The largest absolute Gasteiger partial charge is 0.508 e. The Morgan fingerprint density at radius 3 is 2.55 bits per heavy atom. The molecule has 33 heavy (non-hydrogen) atoms. The van der Waals surface area contributed by atoms with Crippen LogP contribution in [-0.2, 0) is 20.1 Å². The van der Waals surface area contributed by atoms with Crippen molar-refractivity contribution in [2.45, 2.75) is 25.7 Å². The van der Waals surface area contributed by atoms with Crippen molar-refractivity contribution in [3.05, 3.63) is 58.1 Å². The molecule has 1 N–H and O–H groups in total. The van der Waals surface area contributed by atoms with E-state index < -0.39 is 16.8 Å². The van der Waals surface area contributed by atoms with E-state index in [0.717, 1.165) is 24.8 Å². The molecule has 0 aliphatic carbocycles. The number of hydrogen-bond donors (Lipinski definition) is 1. The molecule has 2 fully saturated rings. The summed E-state index contributed by atoms with van der Waals surface area (Å²) >= 11 is 0. The molecule has 0 aromatic heterocycles. The molecule has 4 rings (SSSR count). The zero-order chi connectivity index (χ0) is 23.6. The third kappa shape index (κ3) is 5.01. The number of benzene rings is 2. The molecule has 2 heterocycles. The van der Waals surface area contributed by atoms with Gasteiger partial charge in [-0.25, -0.2) is 0 Å². The number of carbonyl (C=O) groups is 1. The summed E-state index contributed by atoms with van der Waals surface area (Å²) in [5.41, 5.74) is 1.04. The quantitative estimate of drug-likeness (QED) is 0.520. The minimum absolute atomic E-state index is 0.104. The lowest BCUT2D eigenvalue weighted by Gasteiger charge is -2.35. The number of phenolic OH excluding ortho intramolecular Hbond substituents is 1. The second kappa shape index (κ2) is 9.24. The molecule has 2 aromatic carbocycles. The summed E-state index contributed by atoms with van der Waals surface area (Å²) in [5, 5.41) is 21.0. The Labute approximate surface area is 191 Å². The van der Waals surface area contributed by atoms with Gasteiger partial charge in [-0.05, 0) is 43.3 Å². The van der Waals surface area contributed by atoms with Crippen LogP contribution in [0.4, 0.5) is 11.4 Å². The molecule has 1 amide bonds. The fraction of sp³-hybridized carbons (Fsp3) is 0.435. The van der Waals surface area contributed by atoms with E-state index in [-0.39, 0.29) is 36.1 Å². The van der Waals surface area contributed by atoms with Gasteiger partial charge in [-0.15, -0.1) is 0 Å². The fourth-order valence-corrected chi connectivity index (χ4v) is 4.14. The highest BCUT2D eigenvalue weighted by Gasteiger charge is 2.43. The first-order valence-electron chi connectivity index (χ1n) is 10.8. The first kappa shape index (κ1) is 22.8. The molecule has 2 aliphatic rings. The van der Waals surface area contributed by atoms with Crippen LogP contribution < -0.4 is 9.64 Å². The van der Waals surface area contributed by atoms with Gasteiger partial charge in [-0.2, -0.15) is 0 Å². The average Bonchev–Trinajstić information content (AvgIpc) is 3.20. The van der Waals surface area contributed by atoms with Crippen LogP contribution in [0.3, 0.4) is 0 Å². The van der Waals surface area contributed by atoms with E-state index in [1.165, 1.54) is 12.1 Å². The van der Waals surface area contributed by atoms with E-state index in [4.69, 9.17) is 14.2 Å². The van der Waals surface area contributed by atoms with E-state index >= 15 is 0 Å². The number of hydrogen-bond acceptors (Lipinski definition) is 8. The van der Waals surface area contributed by atoms with Gasteiger partial charge >= 0.3 is 0 Å². The number of phenols is 1. The molecule has 0 bridgehead atoms. The summed E-state index contributed by atoms with van der Waals surface area (Å²) < 4.78 is 17.6. The first-order valence-corrected chi connectivity index (χ1v) is 10.8. The van der Waals surface area contributed by atoms with E-state index in [1.54, 1.807) is 13.8 Å². The lowest BCUT2D eigenvalue weighted by atomic mass is 10.0. The molecule has 2 aromatic rings. The predicted molar refractivity (Wildman–Crippen MR) is 119 cm³/mol. The van der Waals surface area contributed by atoms with E-state index in [0.29, 0.717) is 18.8 Å². The number of piperazine rings is 1. The van der Waals surface area contributed by atoms with E-state index in [2.05, 4.69) is 4.90 Å².